The zero-order valence-corrected chi connectivity index (χ0v) is 13.5. The van der Waals surface area contributed by atoms with Gasteiger partial charge in [0.15, 0.2) is 5.69 Å². The molecule has 24 heavy (non-hydrogen) atoms. The van der Waals surface area contributed by atoms with E-state index in [4.69, 9.17) is 22.7 Å². The third-order valence-electron chi connectivity index (χ3n) is 3.06. The lowest BCUT2D eigenvalue weighted by Crippen LogP contribution is -2.45. The number of hydrogen-bond donors (Lipinski definition) is 1. The largest absolute Gasteiger partial charge is 0.433 e. The van der Waals surface area contributed by atoms with Crippen LogP contribution in [0.3, 0.4) is 0 Å². The van der Waals surface area contributed by atoms with Gasteiger partial charge in [0.05, 0.1) is 16.3 Å². The Bertz CT molecular complexity index is 975. The van der Waals surface area contributed by atoms with Crippen LogP contribution in [0.5, 0.6) is 0 Å². The van der Waals surface area contributed by atoms with Crippen LogP contribution in [0, 0.1) is 11.3 Å². The Labute approximate surface area is 141 Å². The van der Waals surface area contributed by atoms with Crippen LogP contribution in [-0.2, 0) is 6.18 Å². The average molecular weight is 377 g/mol. The van der Waals surface area contributed by atoms with Crippen LogP contribution >= 0.6 is 23.4 Å². The van der Waals surface area contributed by atoms with Crippen molar-refractivity contribution in [2.75, 3.05) is 12.1 Å². The molecule has 1 aromatic carbocycles. The van der Waals surface area contributed by atoms with Gasteiger partial charge in [-0.05, 0) is 18.4 Å². The van der Waals surface area contributed by atoms with Crippen molar-refractivity contribution < 1.29 is 13.2 Å². The number of nitrogens with zero attached hydrogens (tertiary/aromatic N) is 3. The number of nitrogens with two attached hydrogens (primary N) is 1. The minimum atomic E-state index is -4.97. The van der Waals surface area contributed by atoms with Gasteiger partial charge in [0, 0.05) is 11.0 Å². The number of aromatic nitrogens is 2. The van der Waals surface area contributed by atoms with Crippen LogP contribution in [0.1, 0.15) is 11.3 Å². The SMILES string of the molecule is CSc1cc(-n2c(=O)cc(C(F)(F)F)n(N)c2=O)c(Cl)cc1C#N. The van der Waals surface area contributed by atoms with E-state index in [1.165, 1.54) is 12.1 Å². The molecule has 11 heteroatoms. The molecule has 2 aromatic rings. The van der Waals surface area contributed by atoms with Gasteiger partial charge in [0.2, 0.25) is 0 Å². The van der Waals surface area contributed by atoms with E-state index in [1.54, 1.807) is 6.26 Å². The highest BCUT2D eigenvalue weighted by atomic mass is 35.5. The zero-order valence-electron chi connectivity index (χ0n) is 11.9. The van der Waals surface area contributed by atoms with Gasteiger partial charge in [0.25, 0.3) is 5.56 Å². The highest BCUT2D eigenvalue weighted by Gasteiger charge is 2.36. The molecule has 0 fully saturated rings. The molecule has 0 unspecified atom stereocenters. The summed E-state index contributed by atoms with van der Waals surface area (Å²) in [6.07, 6.45) is -3.32. The first kappa shape index (κ1) is 18.0. The van der Waals surface area contributed by atoms with Gasteiger partial charge in [-0.25, -0.2) is 14.0 Å². The van der Waals surface area contributed by atoms with Crippen molar-refractivity contribution in [2.45, 2.75) is 11.1 Å². The maximum absolute atomic E-state index is 12.8. The first-order valence-corrected chi connectivity index (χ1v) is 7.71. The van der Waals surface area contributed by atoms with Gasteiger partial charge in [-0.15, -0.1) is 11.8 Å². The lowest BCUT2D eigenvalue weighted by atomic mass is 10.2. The van der Waals surface area contributed by atoms with Crippen LogP contribution in [0.15, 0.2) is 32.7 Å². The standard InChI is InChI=1S/C13H8ClF3N4O2S/c1-24-9-3-8(7(14)2-6(9)5-18)20-11(22)4-10(13(15,16)17)21(19)12(20)23/h2-4H,19H2,1H3. The Morgan fingerprint density at radius 2 is 1.92 bits per heavy atom. The summed E-state index contributed by atoms with van der Waals surface area (Å²) in [6, 6.07) is 4.57. The predicted molar refractivity (Wildman–Crippen MR) is 83.0 cm³/mol. The molecule has 0 aliphatic carbocycles. The molecule has 6 nitrogen and oxygen atoms in total. The normalized spacial score (nSPS) is 11.3. The molecule has 2 N–H and O–H groups in total. The number of benzene rings is 1. The Morgan fingerprint density at radius 1 is 1.29 bits per heavy atom. The molecule has 0 radical (unpaired) electrons. The monoisotopic (exact) mass is 376 g/mol. The first-order chi connectivity index (χ1) is 11.1. The fourth-order valence-electron chi connectivity index (χ4n) is 1.97. The Kier molecular flexibility index (Phi) is 4.68. The van der Waals surface area contributed by atoms with Crippen molar-refractivity contribution in [1.29, 1.82) is 5.26 Å². The molecule has 0 bridgehead atoms. The van der Waals surface area contributed by atoms with E-state index >= 15 is 0 Å². The first-order valence-electron chi connectivity index (χ1n) is 6.11. The van der Waals surface area contributed by atoms with Gasteiger partial charge in [-0.3, -0.25) is 4.79 Å². The maximum atomic E-state index is 12.8. The maximum Gasteiger partial charge on any atom is 0.433 e. The molecule has 126 valence electrons. The minimum Gasteiger partial charge on any atom is -0.335 e. The smallest absolute Gasteiger partial charge is 0.335 e. The topological polar surface area (TPSA) is 93.8 Å². The van der Waals surface area contributed by atoms with Crippen molar-refractivity contribution in [2.24, 2.45) is 0 Å². The van der Waals surface area contributed by atoms with E-state index < -0.39 is 23.1 Å². The summed E-state index contributed by atoms with van der Waals surface area (Å²) in [5.74, 6) is 5.18. The van der Waals surface area contributed by atoms with Crippen LogP contribution in [0.2, 0.25) is 5.02 Å². The van der Waals surface area contributed by atoms with E-state index in [1.807, 2.05) is 6.07 Å². The minimum absolute atomic E-state index is 0.150. The highest BCUT2D eigenvalue weighted by Crippen LogP contribution is 2.29. The molecule has 0 amide bonds. The van der Waals surface area contributed by atoms with Crippen molar-refractivity contribution in [3.8, 4) is 11.8 Å². The van der Waals surface area contributed by atoms with Crippen LogP contribution in [0.4, 0.5) is 13.2 Å². The molecule has 0 atom stereocenters. The van der Waals surface area contributed by atoms with Crippen molar-refractivity contribution in [3.63, 3.8) is 0 Å². The van der Waals surface area contributed by atoms with Crippen LogP contribution < -0.4 is 17.1 Å². The average Bonchev–Trinajstić information content (AvgIpc) is 2.50. The van der Waals surface area contributed by atoms with E-state index in [2.05, 4.69) is 0 Å². The molecule has 0 saturated heterocycles. The number of rotatable bonds is 2. The summed E-state index contributed by atoms with van der Waals surface area (Å²) in [6.45, 7) is 0. The molecular weight excluding hydrogens is 369 g/mol. The van der Waals surface area contributed by atoms with Gasteiger partial charge >= 0.3 is 11.9 Å². The molecule has 0 saturated carbocycles. The summed E-state index contributed by atoms with van der Waals surface area (Å²) in [4.78, 5) is 24.6. The summed E-state index contributed by atoms with van der Waals surface area (Å²) >= 11 is 7.11. The Balaban J connectivity index is 2.86. The van der Waals surface area contributed by atoms with E-state index in [0.717, 1.165) is 11.8 Å². The zero-order chi connectivity index (χ0) is 18.2. The molecule has 1 heterocycles. The number of nitrogen functional groups attached to an aromatic ring is 1. The third-order valence-corrected chi connectivity index (χ3v) is 4.14. The highest BCUT2D eigenvalue weighted by molar-refractivity contribution is 7.98. The van der Waals surface area contributed by atoms with E-state index in [-0.39, 0.29) is 27.0 Å². The van der Waals surface area contributed by atoms with Crippen molar-refractivity contribution >= 4 is 23.4 Å². The van der Waals surface area contributed by atoms with Gasteiger partial charge < -0.3 is 5.84 Å². The Hall–Kier alpha value is -2.38. The van der Waals surface area contributed by atoms with Crippen molar-refractivity contribution in [1.82, 2.24) is 9.24 Å². The molecular formula is C13H8ClF3N4O2S. The molecule has 0 aliphatic rings. The third kappa shape index (κ3) is 3.00. The van der Waals surface area contributed by atoms with Gasteiger partial charge in [-0.1, -0.05) is 11.6 Å². The second-order valence-corrected chi connectivity index (χ2v) is 5.72. The number of thioether (sulfide) groups is 1. The molecule has 0 aliphatic heterocycles. The Morgan fingerprint density at radius 3 is 2.42 bits per heavy atom. The second kappa shape index (κ2) is 6.26. The van der Waals surface area contributed by atoms with Crippen molar-refractivity contribution in [3.05, 3.63) is 55.3 Å². The summed E-state index contributed by atoms with van der Waals surface area (Å²) < 4.78 is 38.6. The molecule has 1 aromatic heterocycles. The van der Waals surface area contributed by atoms with Gasteiger partial charge in [0.1, 0.15) is 6.07 Å². The number of halogens is 4. The molecule has 0 spiro atoms. The van der Waals surface area contributed by atoms with E-state index in [0.29, 0.717) is 9.46 Å². The summed E-state index contributed by atoms with van der Waals surface area (Å²) in [5.41, 5.74) is -4.20. The van der Waals surface area contributed by atoms with Gasteiger partial charge in [-0.2, -0.15) is 18.4 Å². The lowest BCUT2D eigenvalue weighted by Gasteiger charge is -2.15. The molecule has 2 rings (SSSR count). The predicted octanol–water partition coefficient (Wildman–Crippen LogP) is 1.98. The quantitative estimate of drug-likeness (QED) is 0.639. The van der Waals surface area contributed by atoms with Crippen LogP contribution in [-0.4, -0.2) is 15.5 Å². The number of alkyl halides is 3. The summed E-state index contributed by atoms with van der Waals surface area (Å²) in [7, 11) is 0. The summed E-state index contributed by atoms with van der Waals surface area (Å²) in [5, 5.41) is 8.86. The number of hydrogen-bond acceptors (Lipinski definition) is 5. The second-order valence-electron chi connectivity index (χ2n) is 4.47. The lowest BCUT2D eigenvalue weighted by molar-refractivity contribution is -0.143. The van der Waals surface area contributed by atoms with E-state index in [9.17, 15) is 22.8 Å². The van der Waals surface area contributed by atoms with Crippen LogP contribution in [0.25, 0.3) is 5.69 Å². The fourth-order valence-corrected chi connectivity index (χ4v) is 2.77. The fraction of sp³-hybridized carbons (Fsp3) is 0.154. The number of nitriles is 1.